The van der Waals surface area contributed by atoms with Crippen LogP contribution in [0.2, 0.25) is 0 Å². The van der Waals surface area contributed by atoms with Gasteiger partial charge in [0.2, 0.25) is 0 Å². The molecule has 3 aliphatic rings. The molecule has 2 aromatic rings. The van der Waals surface area contributed by atoms with Gasteiger partial charge in [0.05, 0.1) is 36.0 Å². The van der Waals surface area contributed by atoms with Crippen molar-refractivity contribution in [2.45, 2.75) is 50.6 Å². The maximum Gasteiger partial charge on any atom is 0.416 e. The summed E-state index contributed by atoms with van der Waals surface area (Å²) >= 11 is 0. The highest BCUT2D eigenvalue weighted by Crippen LogP contribution is 2.35. The number of nitrogens with zero attached hydrogens (tertiary/aromatic N) is 5. The van der Waals surface area contributed by atoms with Gasteiger partial charge in [0.1, 0.15) is 5.60 Å². The van der Waals surface area contributed by atoms with Gasteiger partial charge in [-0.15, -0.1) is 0 Å². The van der Waals surface area contributed by atoms with E-state index in [-0.39, 0.29) is 18.4 Å². The number of likely N-dealkylation sites (tertiary alicyclic amines) is 2. The molecule has 0 saturated carbocycles. The van der Waals surface area contributed by atoms with Crippen molar-refractivity contribution in [3.8, 4) is 6.07 Å². The molecular weight excluding hydrogens is 511 g/mol. The number of ether oxygens (including phenoxy) is 1. The second-order valence-corrected chi connectivity index (χ2v) is 10.6. The standard InChI is InChI=1S/C28H30F3N5O3/c29-28(30,31)23-4-1-21(2-5-23)17-34-13-9-27(10-14-34)19-36(26(38)39-27)18-24-6-3-22(16-33-24)25(37)35-11-7-20(15-32)8-12-35/h1-6,16,20H,7-14,17-19H2. The Kier molecular flexibility index (Phi) is 7.49. The molecule has 0 unspecified atom stereocenters. The summed E-state index contributed by atoms with van der Waals surface area (Å²) in [6.07, 6.45) is -0.573. The summed E-state index contributed by atoms with van der Waals surface area (Å²) in [6, 6.07) is 11.0. The number of carbonyl (C=O) groups is 2. The van der Waals surface area contributed by atoms with Gasteiger partial charge in [0.25, 0.3) is 5.91 Å². The van der Waals surface area contributed by atoms with E-state index >= 15 is 0 Å². The minimum Gasteiger partial charge on any atom is -0.441 e. The Bertz CT molecular complexity index is 1230. The second kappa shape index (κ2) is 10.8. The summed E-state index contributed by atoms with van der Waals surface area (Å²) in [5, 5.41) is 9.04. The first-order valence-electron chi connectivity index (χ1n) is 13.1. The van der Waals surface area contributed by atoms with Crippen molar-refractivity contribution < 1.29 is 27.5 Å². The van der Waals surface area contributed by atoms with Gasteiger partial charge in [-0.1, -0.05) is 12.1 Å². The molecule has 2 amide bonds. The number of alkyl halides is 3. The Hall–Kier alpha value is -3.65. The van der Waals surface area contributed by atoms with Crippen LogP contribution in [0.3, 0.4) is 0 Å². The summed E-state index contributed by atoms with van der Waals surface area (Å²) in [4.78, 5) is 35.4. The molecule has 0 radical (unpaired) electrons. The number of aromatic nitrogens is 1. The summed E-state index contributed by atoms with van der Waals surface area (Å²) < 4.78 is 44.2. The summed E-state index contributed by atoms with van der Waals surface area (Å²) in [6.45, 7) is 3.71. The Morgan fingerprint density at radius 3 is 2.33 bits per heavy atom. The number of nitriles is 1. The summed E-state index contributed by atoms with van der Waals surface area (Å²) in [7, 11) is 0. The molecule has 4 heterocycles. The number of benzene rings is 1. The van der Waals surface area contributed by atoms with Gasteiger partial charge in [0.15, 0.2) is 0 Å². The molecule has 1 aromatic carbocycles. The van der Waals surface area contributed by atoms with Gasteiger partial charge in [0, 0.05) is 57.7 Å². The predicted octanol–water partition coefficient (Wildman–Crippen LogP) is 4.46. The number of pyridine rings is 1. The fraction of sp³-hybridized carbons (Fsp3) is 0.500. The van der Waals surface area contributed by atoms with Crippen LogP contribution in [0.4, 0.5) is 18.0 Å². The van der Waals surface area contributed by atoms with Gasteiger partial charge in [-0.25, -0.2) is 4.79 Å². The summed E-state index contributed by atoms with van der Waals surface area (Å²) in [5.41, 5.74) is 0.704. The molecule has 3 aliphatic heterocycles. The lowest BCUT2D eigenvalue weighted by Crippen LogP contribution is -2.46. The van der Waals surface area contributed by atoms with Crippen LogP contribution in [-0.2, 0) is 24.0 Å². The first-order valence-corrected chi connectivity index (χ1v) is 13.1. The van der Waals surface area contributed by atoms with Gasteiger partial charge in [-0.2, -0.15) is 18.4 Å². The smallest absolute Gasteiger partial charge is 0.416 e. The first kappa shape index (κ1) is 26.9. The first-order chi connectivity index (χ1) is 18.6. The molecule has 0 aliphatic carbocycles. The van der Waals surface area contributed by atoms with Crippen LogP contribution in [0.5, 0.6) is 0 Å². The molecule has 3 saturated heterocycles. The zero-order chi connectivity index (χ0) is 27.6. The third-order valence-electron chi connectivity index (χ3n) is 7.89. The highest BCUT2D eigenvalue weighted by atomic mass is 19.4. The van der Waals surface area contributed by atoms with Crippen molar-refractivity contribution >= 4 is 12.0 Å². The average molecular weight is 542 g/mol. The zero-order valence-electron chi connectivity index (χ0n) is 21.5. The van der Waals surface area contributed by atoms with E-state index in [0.717, 1.165) is 17.7 Å². The fourth-order valence-electron chi connectivity index (χ4n) is 5.49. The Balaban J connectivity index is 1.11. The maximum absolute atomic E-state index is 12.8. The van der Waals surface area contributed by atoms with Crippen LogP contribution in [0.1, 0.15) is 52.9 Å². The molecule has 5 rings (SSSR count). The van der Waals surface area contributed by atoms with Gasteiger partial charge in [-0.05, 0) is 42.7 Å². The van der Waals surface area contributed by atoms with Gasteiger partial charge < -0.3 is 9.64 Å². The van der Waals surface area contributed by atoms with E-state index in [1.807, 2.05) is 0 Å². The number of amides is 2. The number of halogens is 3. The van der Waals surface area contributed by atoms with E-state index < -0.39 is 23.4 Å². The van der Waals surface area contributed by atoms with E-state index in [1.54, 1.807) is 21.9 Å². The van der Waals surface area contributed by atoms with Crippen LogP contribution >= 0.6 is 0 Å². The molecule has 1 aromatic heterocycles. The Morgan fingerprint density at radius 1 is 1.05 bits per heavy atom. The number of piperidine rings is 2. The largest absolute Gasteiger partial charge is 0.441 e. The average Bonchev–Trinajstić information content (AvgIpc) is 3.24. The van der Waals surface area contributed by atoms with Crippen molar-refractivity contribution in [2.24, 2.45) is 5.92 Å². The lowest BCUT2D eigenvalue weighted by atomic mass is 9.91. The molecule has 206 valence electrons. The Morgan fingerprint density at radius 2 is 1.74 bits per heavy atom. The lowest BCUT2D eigenvalue weighted by Gasteiger charge is -2.37. The molecule has 11 heteroatoms. The van der Waals surface area contributed by atoms with Crippen LogP contribution in [0, 0.1) is 17.2 Å². The molecule has 0 bridgehead atoms. The number of rotatable bonds is 5. The van der Waals surface area contributed by atoms with Crippen molar-refractivity contribution in [1.82, 2.24) is 19.7 Å². The third kappa shape index (κ3) is 6.17. The van der Waals surface area contributed by atoms with Crippen LogP contribution in [-0.4, -0.2) is 70.0 Å². The number of carbonyl (C=O) groups excluding carboxylic acids is 2. The van der Waals surface area contributed by atoms with Crippen molar-refractivity contribution in [3.63, 3.8) is 0 Å². The summed E-state index contributed by atoms with van der Waals surface area (Å²) in [5.74, 6) is -0.0997. The molecule has 1 spiro atoms. The Labute approximate surface area is 224 Å². The van der Waals surface area contributed by atoms with E-state index in [9.17, 15) is 22.8 Å². The quantitative estimate of drug-likeness (QED) is 0.555. The van der Waals surface area contributed by atoms with E-state index in [0.29, 0.717) is 76.2 Å². The van der Waals surface area contributed by atoms with E-state index in [2.05, 4.69) is 16.0 Å². The molecule has 8 nitrogen and oxygen atoms in total. The monoisotopic (exact) mass is 541 g/mol. The predicted molar refractivity (Wildman–Crippen MR) is 134 cm³/mol. The molecule has 3 fully saturated rings. The van der Waals surface area contributed by atoms with E-state index in [1.165, 1.54) is 18.3 Å². The number of hydrogen-bond donors (Lipinski definition) is 0. The second-order valence-electron chi connectivity index (χ2n) is 10.6. The van der Waals surface area contributed by atoms with Gasteiger partial charge >= 0.3 is 12.3 Å². The van der Waals surface area contributed by atoms with Gasteiger partial charge in [-0.3, -0.25) is 19.6 Å². The third-order valence-corrected chi connectivity index (χ3v) is 7.89. The van der Waals surface area contributed by atoms with Crippen molar-refractivity contribution in [1.29, 1.82) is 5.26 Å². The van der Waals surface area contributed by atoms with Crippen LogP contribution in [0.15, 0.2) is 42.6 Å². The number of hydrogen-bond acceptors (Lipinski definition) is 6. The van der Waals surface area contributed by atoms with Crippen LogP contribution < -0.4 is 0 Å². The molecule has 39 heavy (non-hydrogen) atoms. The fourth-order valence-corrected chi connectivity index (χ4v) is 5.49. The molecule has 0 atom stereocenters. The molecule has 0 N–H and O–H groups in total. The topological polar surface area (TPSA) is 89.8 Å². The van der Waals surface area contributed by atoms with Crippen LogP contribution in [0.25, 0.3) is 0 Å². The van der Waals surface area contributed by atoms with E-state index in [4.69, 9.17) is 10.00 Å². The van der Waals surface area contributed by atoms with Crippen molar-refractivity contribution in [3.05, 3.63) is 65.0 Å². The minimum absolute atomic E-state index is 0.00401. The highest BCUT2D eigenvalue weighted by Gasteiger charge is 2.47. The van der Waals surface area contributed by atoms with Crippen molar-refractivity contribution in [2.75, 3.05) is 32.7 Å². The highest BCUT2D eigenvalue weighted by molar-refractivity contribution is 5.94. The SMILES string of the molecule is N#CC1CCN(C(=O)c2ccc(CN3CC4(CCN(Cc5ccc(C(F)(F)F)cc5)CC4)OC3=O)nc2)CC1. The minimum atomic E-state index is -4.35. The zero-order valence-corrected chi connectivity index (χ0v) is 21.5. The normalized spacial score (nSPS) is 20.2. The molecular formula is C28H30F3N5O3. The maximum atomic E-state index is 12.8. The lowest BCUT2D eigenvalue weighted by molar-refractivity contribution is -0.137.